The molecular weight excluding hydrogens is 285 g/mol. The minimum atomic E-state index is -4.50. The number of carbonyl (C=O) groups is 2. The van der Waals surface area contributed by atoms with Crippen molar-refractivity contribution in [2.75, 3.05) is 6.54 Å². The summed E-state index contributed by atoms with van der Waals surface area (Å²) in [5.74, 6) is -1.20. The lowest BCUT2D eigenvalue weighted by Gasteiger charge is -2.47. The second-order valence-corrected chi connectivity index (χ2v) is 6.11. The van der Waals surface area contributed by atoms with Crippen LogP contribution >= 0.6 is 0 Å². The number of halogens is 3. The molecule has 0 aromatic rings. The van der Waals surface area contributed by atoms with Gasteiger partial charge in [-0.25, -0.2) is 0 Å². The molecule has 1 spiro atoms. The van der Waals surface area contributed by atoms with Crippen LogP contribution in [0, 0.1) is 5.92 Å². The van der Waals surface area contributed by atoms with E-state index in [0.717, 1.165) is 4.90 Å². The molecule has 2 amide bonds. The molecule has 1 saturated heterocycles. The first-order chi connectivity index (χ1) is 9.71. The van der Waals surface area contributed by atoms with E-state index in [-0.39, 0.29) is 5.92 Å². The molecule has 7 heteroatoms. The van der Waals surface area contributed by atoms with Crippen molar-refractivity contribution in [3.8, 4) is 0 Å². The van der Waals surface area contributed by atoms with E-state index in [1.165, 1.54) is 0 Å². The molecule has 0 aromatic carbocycles. The maximum absolute atomic E-state index is 12.9. The van der Waals surface area contributed by atoms with E-state index < -0.39 is 36.1 Å². The summed E-state index contributed by atoms with van der Waals surface area (Å²) in [4.78, 5) is 25.7. The number of amides is 2. The van der Waals surface area contributed by atoms with E-state index in [4.69, 9.17) is 0 Å². The summed E-state index contributed by atoms with van der Waals surface area (Å²) in [6.45, 7) is 2.27. The molecule has 2 fully saturated rings. The zero-order valence-corrected chi connectivity index (χ0v) is 12.3. The molecule has 0 radical (unpaired) electrons. The van der Waals surface area contributed by atoms with Gasteiger partial charge in [0.1, 0.15) is 18.1 Å². The zero-order valence-electron chi connectivity index (χ0n) is 12.3. The highest BCUT2D eigenvalue weighted by Gasteiger charge is 2.56. The number of nitrogens with zero attached hydrogens (tertiary/aromatic N) is 1. The Morgan fingerprint density at radius 1 is 1.33 bits per heavy atom. The van der Waals surface area contributed by atoms with Gasteiger partial charge >= 0.3 is 6.18 Å². The lowest BCUT2D eigenvalue weighted by Crippen LogP contribution is -2.71. The molecule has 1 saturated carbocycles. The summed E-state index contributed by atoms with van der Waals surface area (Å²) in [6.07, 6.45) is -1.92. The molecule has 2 unspecified atom stereocenters. The predicted molar refractivity (Wildman–Crippen MR) is 70.4 cm³/mol. The third-order valence-corrected chi connectivity index (χ3v) is 4.74. The van der Waals surface area contributed by atoms with E-state index in [0.29, 0.717) is 32.1 Å². The quantitative estimate of drug-likeness (QED) is 0.869. The number of hydrogen-bond donors (Lipinski definition) is 1. The van der Waals surface area contributed by atoms with Crippen molar-refractivity contribution in [3.05, 3.63) is 0 Å². The molecule has 2 aliphatic rings. The van der Waals surface area contributed by atoms with Gasteiger partial charge in [-0.1, -0.05) is 33.1 Å². The monoisotopic (exact) mass is 306 g/mol. The van der Waals surface area contributed by atoms with Gasteiger partial charge < -0.3 is 10.2 Å². The molecular formula is C14H21F3N2O2. The van der Waals surface area contributed by atoms with Crippen molar-refractivity contribution in [2.45, 2.75) is 63.7 Å². The molecule has 1 heterocycles. The first-order valence-electron chi connectivity index (χ1n) is 7.40. The molecule has 2 atom stereocenters. The lowest BCUT2D eigenvalue weighted by atomic mass is 9.85. The molecule has 1 N–H and O–H groups in total. The molecule has 21 heavy (non-hydrogen) atoms. The van der Waals surface area contributed by atoms with E-state index in [1.54, 1.807) is 6.92 Å². The molecule has 0 bridgehead atoms. The molecule has 120 valence electrons. The Balaban J connectivity index is 2.35. The lowest BCUT2D eigenvalue weighted by molar-refractivity contribution is -0.184. The van der Waals surface area contributed by atoms with Crippen LogP contribution < -0.4 is 5.32 Å². The Bertz CT molecular complexity index is 430. The topological polar surface area (TPSA) is 49.4 Å². The van der Waals surface area contributed by atoms with Crippen LogP contribution in [0.3, 0.4) is 0 Å². The summed E-state index contributed by atoms with van der Waals surface area (Å²) in [5, 5.41) is 2.67. The summed E-state index contributed by atoms with van der Waals surface area (Å²) < 4.78 is 38.6. The number of nitrogens with one attached hydrogen (secondary N) is 1. The van der Waals surface area contributed by atoms with Crippen LogP contribution in [0.15, 0.2) is 0 Å². The minimum Gasteiger partial charge on any atom is -0.342 e. The van der Waals surface area contributed by atoms with Crippen molar-refractivity contribution in [1.82, 2.24) is 10.2 Å². The summed E-state index contributed by atoms with van der Waals surface area (Å²) in [5.41, 5.74) is -1.30. The van der Waals surface area contributed by atoms with Gasteiger partial charge in [-0.3, -0.25) is 9.59 Å². The Labute approximate surface area is 122 Å². The summed E-state index contributed by atoms with van der Waals surface area (Å²) >= 11 is 0. The van der Waals surface area contributed by atoms with Crippen LogP contribution in [-0.2, 0) is 9.59 Å². The van der Waals surface area contributed by atoms with Crippen LogP contribution in [0.1, 0.15) is 46.0 Å². The van der Waals surface area contributed by atoms with Gasteiger partial charge in [-0.15, -0.1) is 0 Å². The van der Waals surface area contributed by atoms with Crippen molar-refractivity contribution in [3.63, 3.8) is 0 Å². The van der Waals surface area contributed by atoms with Gasteiger partial charge in [0, 0.05) is 0 Å². The van der Waals surface area contributed by atoms with Gasteiger partial charge in [0.2, 0.25) is 11.8 Å². The Morgan fingerprint density at radius 2 is 1.90 bits per heavy atom. The van der Waals surface area contributed by atoms with Crippen molar-refractivity contribution in [2.24, 2.45) is 5.92 Å². The van der Waals surface area contributed by atoms with Gasteiger partial charge in [0.05, 0.1) is 0 Å². The highest BCUT2D eigenvalue weighted by Crippen LogP contribution is 2.40. The molecule has 1 aliphatic carbocycles. The third-order valence-electron chi connectivity index (χ3n) is 4.74. The maximum atomic E-state index is 12.9. The summed E-state index contributed by atoms with van der Waals surface area (Å²) in [6, 6.07) is -0.851. The highest BCUT2D eigenvalue weighted by molar-refractivity contribution is 6.00. The fourth-order valence-electron chi connectivity index (χ4n) is 3.33. The second-order valence-electron chi connectivity index (χ2n) is 6.11. The van der Waals surface area contributed by atoms with Crippen LogP contribution in [0.5, 0.6) is 0 Å². The minimum absolute atomic E-state index is 0.184. The Hall–Kier alpha value is -1.27. The summed E-state index contributed by atoms with van der Waals surface area (Å²) in [7, 11) is 0. The van der Waals surface area contributed by atoms with Crippen LogP contribution in [0.25, 0.3) is 0 Å². The van der Waals surface area contributed by atoms with Crippen LogP contribution in [0.2, 0.25) is 0 Å². The smallest absolute Gasteiger partial charge is 0.342 e. The number of rotatable bonds is 3. The molecule has 2 rings (SSSR count). The van der Waals surface area contributed by atoms with Crippen LogP contribution in [-0.4, -0.2) is 41.0 Å². The zero-order chi connectivity index (χ0) is 15.8. The third kappa shape index (κ3) is 2.87. The molecule has 1 aliphatic heterocycles. The SMILES string of the molecule is CCC(C)C1NC(=O)C2(CCCC2)N(CC(F)(F)F)C1=O. The number of alkyl halides is 3. The van der Waals surface area contributed by atoms with Crippen LogP contribution in [0.4, 0.5) is 13.2 Å². The van der Waals surface area contributed by atoms with Crippen molar-refractivity contribution < 1.29 is 22.8 Å². The van der Waals surface area contributed by atoms with Gasteiger partial charge in [-0.05, 0) is 18.8 Å². The van der Waals surface area contributed by atoms with Gasteiger partial charge in [0.25, 0.3) is 0 Å². The van der Waals surface area contributed by atoms with Gasteiger partial charge in [-0.2, -0.15) is 13.2 Å². The second kappa shape index (κ2) is 5.50. The van der Waals surface area contributed by atoms with E-state index in [9.17, 15) is 22.8 Å². The average Bonchev–Trinajstić information content (AvgIpc) is 2.88. The normalized spacial score (nSPS) is 27.1. The van der Waals surface area contributed by atoms with E-state index >= 15 is 0 Å². The number of carbonyl (C=O) groups excluding carboxylic acids is 2. The van der Waals surface area contributed by atoms with E-state index in [1.807, 2.05) is 6.92 Å². The number of hydrogen-bond acceptors (Lipinski definition) is 2. The molecule has 0 aromatic heterocycles. The fourth-order valence-corrected chi connectivity index (χ4v) is 3.33. The van der Waals surface area contributed by atoms with Crippen molar-refractivity contribution >= 4 is 11.8 Å². The average molecular weight is 306 g/mol. The van der Waals surface area contributed by atoms with E-state index in [2.05, 4.69) is 5.32 Å². The molecule has 4 nitrogen and oxygen atoms in total. The predicted octanol–water partition coefficient (Wildman–Crippen LogP) is 2.23. The van der Waals surface area contributed by atoms with Gasteiger partial charge in [0.15, 0.2) is 0 Å². The first kappa shape index (κ1) is 16.1. The highest BCUT2D eigenvalue weighted by atomic mass is 19.4. The largest absolute Gasteiger partial charge is 0.406 e. The Morgan fingerprint density at radius 3 is 2.38 bits per heavy atom. The standard InChI is InChI=1S/C14H21F3N2O2/c1-3-9(2)10-11(20)19(8-14(15,16)17)13(12(21)18-10)6-4-5-7-13/h9-10H,3-8H2,1-2H3,(H,18,21). The fraction of sp³-hybridized carbons (Fsp3) is 0.857. The Kier molecular flexibility index (Phi) is 4.22. The number of piperazine rings is 1. The maximum Gasteiger partial charge on any atom is 0.406 e. The first-order valence-corrected chi connectivity index (χ1v) is 7.40. The van der Waals surface area contributed by atoms with Crippen molar-refractivity contribution in [1.29, 1.82) is 0 Å².